The highest BCUT2D eigenvalue weighted by Gasteiger charge is 2.11. The number of amides is 1. The summed E-state index contributed by atoms with van der Waals surface area (Å²) in [6.45, 7) is 1.85. The fourth-order valence-corrected chi connectivity index (χ4v) is 2.66. The summed E-state index contributed by atoms with van der Waals surface area (Å²) in [5.41, 5.74) is 1.71. The Morgan fingerprint density at radius 3 is 2.46 bits per heavy atom. The molecular weight excluding hydrogens is 376 g/mol. The van der Waals surface area contributed by atoms with Crippen LogP contribution in [0, 0.1) is 18.3 Å². The lowest BCUT2D eigenvalue weighted by molar-refractivity contribution is -0.112. The number of nitrogens with zero attached hydrogens (tertiary/aromatic N) is 1. The van der Waals surface area contributed by atoms with Crippen LogP contribution >= 0.6 is 11.6 Å². The minimum atomic E-state index is -3.81. The molecule has 4 N–H and O–H groups in total. The van der Waals surface area contributed by atoms with E-state index < -0.39 is 15.9 Å². The molecule has 0 saturated carbocycles. The second kappa shape index (κ2) is 8.01. The van der Waals surface area contributed by atoms with Crippen LogP contribution in [-0.2, 0) is 14.8 Å². The van der Waals surface area contributed by atoms with Crippen LogP contribution in [0.5, 0.6) is 0 Å². The van der Waals surface area contributed by atoms with E-state index in [9.17, 15) is 18.5 Å². The van der Waals surface area contributed by atoms with Gasteiger partial charge in [-0.15, -0.1) is 0 Å². The van der Waals surface area contributed by atoms with Crippen LogP contribution in [0.25, 0.3) is 0 Å². The van der Waals surface area contributed by atoms with Crippen molar-refractivity contribution in [2.75, 3.05) is 10.6 Å². The quantitative estimate of drug-likeness (QED) is 0.534. The second-order valence-corrected chi connectivity index (χ2v) is 7.29. The summed E-state index contributed by atoms with van der Waals surface area (Å²) in [6, 6.07) is 12.3. The molecule has 1 amide bonds. The van der Waals surface area contributed by atoms with Crippen molar-refractivity contribution in [3.63, 3.8) is 0 Å². The smallest absolute Gasteiger partial charge is 0.267 e. The van der Waals surface area contributed by atoms with Crippen molar-refractivity contribution in [3.8, 4) is 6.07 Å². The SMILES string of the molecule is Cc1ccc(Cl)cc1N/C=C(/C#N)C(=O)Nc1ccc(S(N)(=O)=O)cc1. The van der Waals surface area contributed by atoms with Crippen LogP contribution in [-0.4, -0.2) is 14.3 Å². The van der Waals surface area contributed by atoms with Crippen molar-refractivity contribution in [2.24, 2.45) is 5.14 Å². The van der Waals surface area contributed by atoms with Crippen LogP contribution in [0.1, 0.15) is 5.56 Å². The van der Waals surface area contributed by atoms with Crippen molar-refractivity contribution in [3.05, 3.63) is 64.8 Å². The van der Waals surface area contributed by atoms with Gasteiger partial charge < -0.3 is 10.6 Å². The highest BCUT2D eigenvalue weighted by molar-refractivity contribution is 7.89. The lowest BCUT2D eigenvalue weighted by Gasteiger charge is -2.08. The number of carbonyl (C=O) groups is 1. The lowest BCUT2D eigenvalue weighted by atomic mass is 10.2. The van der Waals surface area contributed by atoms with E-state index in [2.05, 4.69) is 10.6 Å². The summed E-state index contributed by atoms with van der Waals surface area (Å²) in [6.07, 6.45) is 1.27. The van der Waals surface area contributed by atoms with Crippen LogP contribution in [0.4, 0.5) is 11.4 Å². The highest BCUT2D eigenvalue weighted by Crippen LogP contribution is 2.20. The van der Waals surface area contributed by atoms with E-state index in [1.54, 1.807) is 24.3 Å². The maximum absolute atomic E-state index is 12.2. The first-order valence-corrected chi connectivity index (χ1v) is 9.20. The predicted octanol–water partition coefficient (Wildman–Crippen LogP) is 2.75. The van der Waals surface area contributed by atoms with E-state index in [-0.39, 0.29) is 10.5 Å². The number of anilines is 2. The van der Waals surface area contributed by atoms with Crippen LogP contribution in [0.2, 0.25) is 5.02 Å². The van der Waals surface area contributed by atoms with Gasteiger partial charge in [-0.25, -0.2) is 13.6 Å². The molecule has 0 aliphatic heterocycles. The summed E-state index contributed by atoms with van der Waals surface area (Å²) in [5.74, 6) is -0.650. The van der Waals surface area contributed by atoms with Gasteiger partial charge in [-0.2, -0.15) is 5.26 Å². The molecule has 2 aromatic rings. The van der Waals surface area contributed by atoms with E-state index in [1.807, 2.05) is 6.92 Å². The summed E-state index contributed by atoms with van der Waals surface area (Å²) >= 11 is 5.92. The molecule has 0 aromatic heterocycles. The molecule has 26 heavy (non-hydrogen) atoms. The van der Waals surface area contributed by atoms with Gasteiger partial charge in [0.25, 0.3) is 5.91 Å². The fraction of sp³-hybridized carbons (Fsp3) is 0.0588. The van der Waals surface area contributed by atoms with Crippen molar-refractivity contribution >= 4 is 38.9 Å². The minimum Gasteiger partial charge on any atom is -0.360 e. The fourth-order valence-electron chi connectivity index (χ4n) is 1.97. The number of hydrogen-bond acceptors (Lipinski definition) is 5. The number of nitrogens with one attached hydrogen (secondary N) is 2. The molecule has 0 bridgehead atoms. The first-order valence-electron chi connectivity index (χ1n) is 7.28. The van der Waals surface area contributed by atoms with Gasteiger partial charge in [0.1, 0.15) is 11.6 Å². The molecule has 0 fully saturated rings. The topological polar surface area (TPSA) is 125 Å². The number of aryl methyl sites for hydroxylation is 1. The first kappa shape index (κ1) is 19.5. The average molecular weight is 391 g/mol. The molecule has 2 rings (SSSR count). The van der Waals surface area contributed by atoms with Gasteiger partial charge in [0.2, 0.25) is 10.0 Å². The molecule has 0 unspecified atom stereocenters. The predicted molar refractivity (Wildman–Crippen MR) is 100.0 cm³/mol. The van der Waals surface area contributed by atoms with Gasteiger partial charge in [0, 0.05) is 22.6 Å². The summed E-state index contributed by atoms with van der Waals surface area (Å²) < 4.78 is 22.4. The lowest BCUT2D eigenvalue weighted by Crippen LogP contribution is -2.15. The molecule has 2 aromatic carbocycles. The zero-order valence-electron chi connectivity index (χ0n) is 13.7. The Kier molecular flexibility index (Phi) is 6.00. The third-order valence-corrected chi connectivity index (χ3v) is 4.54. The maximum Gasteiger partial charge on any atom is 0.267 e. The summed E-state index contributed by atoms with van der Waals surface area (Å²) in [4.78, 5) is 12.1. The Balaban J connectivity index is 2.13. The van der Waals surface area contributed by atoms with Gasteiger partial charge in [-0.1, -0.05) is 17.7 Å². The number of primary sulfonamides is 1. The number of sulfonamides is 1. The van der Waals surface area contributed by atoms with Crippen molar-refractivity contribution in [1.82, 2.24) is 0 Å². The molecule has 0 saturated heterocycles. The number of rotatable bonds is 5. The van der Waals surface area contributed by atoms with E-state index in [1.165, 1.54) is 30.5 Å². The average Bonchev–Trinajstić information content (AvgIpc) is 2.58. The zero-order chi connectivity index (χ0) is 19.3. The standard InChI is InChI=1S/C17H15ClN4O3S/c1-11-2-3-13(18)8-16(11)21-10-12(9-19)17(23)22-14-4-6-15(7-5-14)26(20,24)25/h2-8,10,21H,1H3,(H,22,23)(H2,20,24,25)/b12-10-. The second-order valence-electron chi connectivity index (χ2n) is 5.30. The molecule has 0 spiro atoms. The number of nitriles is 1. The molecule has 9 heteroatoms. The van der Waals surface area contributed by atoms with Crippen molar-refractivity contribution in [2.45, 2.75) is 11.8 Å². The minimum absolute atomic E-state index is 0.0790. The van der Waals surface area contributed by atoms with E-state index in [0.717, 1.165) is 5.56 Å². The molecule has 0 aliphatic carbocycles. The number of halogens is 1. The highest BCUT2D eigenvalue weighted by atomic mass is 35.5. The largest absolute Gasteiger partial charge is 0.360 e. The molecule has 0 radical (unpaired) electrons. The van der Waals surface area contributed by atoms with Crippen molar-refractivity contribution < 1.29 is 13.2 Å². The molecule has 0 heterocycles. The first-order chi connectivity index (χ1) is 12.2. The number of benzene rings is 2. The maximum atomic E-state index is 12.2. The molecular formula is C17H15ClN4O3S. The Labute approximate surface area is 156 Å². The number of nitrogens with two attached hydrogens (primary N) is 1. The van der Waals surface area contributed by atoms with Crippen molar-refractivity contribution in [1.29, 1.82) is 5.26 Å². The normalized spacial score (nSPS) is 11.5. The van der Waals surface area contributed by atoms with Crippen LogP contribution in [0.3, 0.4) is 0 Å². The van der Waals surface area contributed by atoms with Gasteiger partial charge in [-0.05, 0) is 48.9 Å². The summed E-state index contributed by atoms with van der Waals surface area (Å²) in [7, 11) is -3.81. The van der Waals surface area contributed by atoms with Gasteiger partial charge in [0.15, 0.2) is 0 Å². The van der Waals surface area contributed by atoms with E-state index in [4.69, 9.17) is 16.7 Å². The van der Waals surface area contributed by atoms with Gasteiger partial charge in [0.05, 0.1) is 4.90 Å². The van der Waals surface area contributed by atoms with Gasteiger partial charge >= 0.3 is 0 Å². The Morgan fingerprint density at radius 1 is 1.23 bits per heavy atom. The summed E-state index contributed by atoms with van der Waals surface area (Å²) in [5, 5.41) is 20.1. The molecule has 7 nitrogen and oxygen atoms in total. The molecule has 0 aliphatic rings. The third-order valence-electron chi connectivity index (χ3n) is 3.38. The Morgan fingerprint density at radius 2 is 1.88 bits per heavy atom. The Bertz CT molecular complexity index is 1010. The third kappa shape index (κ3) is 5.07. The number of carbonyl (C=O) groups excluding carboxylic acids is 1. The van der Waals surface area contributed by atoms with Gasteiger partial charge in [-0.3, -0.25) is 4.79 Å². The van der Waals surface area contributed by atoms with Crippen LogP contribution in [0.15, 0.2) is 59.1 Å². The number of hydrogen-bond donors (Lipinski definition) is 3. The van der Waals surface area contributed by atoms with E-state index in [0.29, 0.717) is 16.4 Å². The van der Waals surface area contributed by atoms with E-state index >= 15 is 0 Å². The molecule has 134 valence electrons. The molecule has 0 atom stereocenters. The zero-order valence-corrected chi connectivity index (χ0v) is 15.2. The van der Waals surface area contributed by atoms with Crippen LogP contribution < -0.4 is 15.8 Å². The Hall–Kier alpha value is -2.86. The monoisotopic (exact) mass is 390 g/mol.